The van der Waals surface area contributed by atoms with Crippen LogP contribution in [0.1, 0.15) is 10.4 Å². The zero-order chi connectivity index (χ0) is 15.2. The largest absolute Gasteiger partial charge is 0.313 e. The van der Waals surface area contributed by atoms with Crippen LogP contribution in [-0.2, 0) is 4.79 Å². The Hall–Kier alpha value is -1.94. The Kier molecular flexibility index (Phi) is 5.28. The Morgan fingerprint density at radius 1 is 1.48 bits per heavy atom. The minimum absolute atomic E-state index is 0.0100. The highest BCUT2D eigenvalue weighted by atomic mass is 35.5. The average Bonchev–Trinajstić information content (AvgIpc) is 2.48. The number of piperazine rings is 1. The van der Waals surface area contributed by atoms with E-state index in [0.717, 1.165) is 0 Å². The van der Waals surface area contributed by atoms with Gasteiger partial charge in [0.05, 0.1) is 23.2 Å². The standard InChI is InChI=1S/C14H15ClN4O2/c15-12-4-2-1-3-11(12)14(21)18-13(20)9-19-6-5-17-8-10(19)7-16/h1-4,10,17H,5-6,8-9H2,(H,18,20,21). The van der Waals surface area contributed by atoms with Crippen molar-refractivity contribution in [2.45, 2.75) is 6.04 Å². The lowest BCUT2D eigenvalue weighted by Crippen LogP contribution is -2.53. The van der Waals surface area contributed by atoms with E-state index >= 15 is 0 Å². The summed E-state index contributed by atoms with van der Waals surface area (Å²) in [5.74, 6) is -0.976. The van der Waals surface area contributed by atoms with Crippen LogP contribution in [0.5, 0.6) is 0 Å². The SMILES string of the molecule is N#CC1CNCCN1CC(=O)NC(=O)c1ccccc1Cl. The highest BCUT2D eigenvalue weighted by Gasteiger charge is 2.24. The van der Waals surface area contributed by atoms with E-state index < -0.39 is 11.8 Å². The van der Waals surface area contributed by atoms with E-state index in [1.165, 1.54) is 0 Å². The maximum Gasteiger partial charge on any atom is 0.259 e. The van der Waals surface area contributed by atoms with Gasteiger partial charge >= 0.3 is 0 Å². The van der Waals surface area contributed by atoms with Crippen molar-refractivity contribution in [1.29, 1.82) is 5.26 Å². The monoisotopic (exact) mass is 306 g/mol. The molecule has 0 bridgehead atoms. The van der Waals surface area contributed by atoms with Crippen molar-refractivity contribution in [2.24, 2.45) is 0 Å². The Labute approximate surface area is 127 Å². The Bertz CT molecular complexity index is 585. The van der Waals surface area contributed by atoms with Crippen LogP contribution >= 0.6 is 11.6 Å². The Morgan fingerprint density at radius 2 is 2.24 bits per heavy atom. The van der Waals surface area contributed by atoms with E-state index in [-0.39, 0.29) is 18.2 Å². The van der Waals surface area contributed by atoms with Crippen molar-refractivity contribution >= 4 is 23.4 Å². The molecule has 1 saturated heterocycles. The summed E-state index contributed by atoms with van der Waals surface area (Å²) in [7, 11) is 0. The van der Waals surface area contributed by atoms with Gasteiger partial charge < -0.3 is 5.32 Å². The van der Waals surface area contributed by atoms with E-state index in [1.54, 1.807) is 29.2 Å². The first-order valence-electron chi connectivity index (χ1n) is 6.55. The second kappa shape index (κ2) is 7.18. The van der Waals surface area contributed by atoms with Gasteiger partial charge in [-0.05, 0) is 12.1 Å². The van der Waals surface area contributed by atoms with Gasteiger partial charge in [0.2, 0.25) is 5.91 Å². The van der Waals surface area contributed by atoms with Gasteiger partial charge in [-0.25, -0.2) is 0 Å². The zero-order valence-corrected chi connectivity index (χ0v) is 12.1. The van der Waals surface area contributed by atoms with Crippen LogP contribution in [0.15, 0.2) is 24.3 Å². The van der Waals surface area contributed by atoms with Crippen LogP contribution in [0.2, 0.25) is 5.02 Å². The molecule has 0 spiro atoms. The number of hydrogen-bond acceptors (Lipinski definition) is 5. The summed E-state index contributed by atoms with van der Waals surface area (Å²) in [6, 6.07) is 8.29. The molecule has 0 saturated carbocycles. The van der Waals surface area contributed by atoms with Gasteiger partial charge in [-0.3, -0.25) is 19.8 Å². The van der Waals surface area contributed by atoms with Crippen LogP contribution < -0.4 is 10.6 Å². The number of hydrogen-bond donors (Lipinski definition) is 2. The van der Waals surface area contributed by atoms with Gasteiger partial charge in [-0.2, -0.15) is 5.26 Å². The van der Waals surface area contributed by atoms with Crippen LogP contribution in [0.25, 0.3) is 0 Å². The zero-order valence-electron chi connectivity index (χ0n) is 11.3. The summed E-state index contributed by atoms with van der Waals surface area (Å²) in [5.41, 5.74) is 0.254. The molecule has 7 heteroatoms. The molecule has 1 atom stereocenters. The first kappa shape index (κ1) is 15.4. The van der Waals surface area contributed by atoms with Gasteiger partial charge in [0.25, 0.3) is 5.91 Å². The summed E-state index contributed by atoms with van der Waals surface area (Å²) in [4.78, 5) is 25.6. The maximum absolute atomic E-state index is 12.0. The molecule has 2 amide bonds. The Balaban J connectivity index is 1.94. The second-order valence-electron chi connectivity index (χ2n) is 4.68. The molecule has 1 unspecified atom stereocenters. The fourth-order valence-corrected chi connectivity index (χ4v) is 2.35. The molecule has 21 heavy (non-hydrogen) atoms. The molecule has 1 aromatic rings. The van der Waals surface area contributed by atoms with Crippen LogP contribution in [-0.4, -0.2) is 48.9 Å². The summed E-state index contributed by atoms with van der Waals surface area (Å²) in [5, 5.41) is 14.7. The number of amides is 2. The van der Waals surface area contributed by atoms with Crippen LogP contribution in [0, 0.1) is 11.3 Å². The summed E-state index contributed by atoms with van der Waals surface area (Å²) < 4.78 is 0. The topological polar surface area (TPSA) is 85.2 Å². The summed E-state index contributed by atoms with van der Waals surface area (Å²) in [6.07, 6.45) is 0. The lowest BCUT2D eigenvalue weighted by atomic mass is 10.2. The molecular weight excluding hydrogens is 292 g/mol. The van der Waals surface area contributed by atoms with Crippen molar-refractivity contribution in [3.8, 4) is 6.07 Å². The fourth-order valence-electron chi connectivity index (χ4n) is 2.13. The number of carbonyl (C=O) groups is 2. The summed E-state index contributed by atoms with van der Waals surface area (Å²) in [6.45, 7) is 1.83. The number of rotatable bonds is 3. The smallest absolute Gasteiger partial charge is 0.259 e. The third-order valence-corrected chi connectivity index (χ3v) is 3.55. The number of imide groups is 1. The lowest BCUT2D eigenvalue weighted by Gasteiger charge is -2.31. The van der Waals surface area contributed by atoms with Crippen molar-refractivity contribution in [3.63, 3.8) is 0 Å². The van der Waals surface area contributed by atoms with Gasteiger partial charge in [0.15, 0.2) is 0 Å². The third-order valence-electron chi connectivity index (χ3n) is 3.22. The normalized spacial score (nSPS) is 18.8. The van der Waals surface area contributed by atoms with E-state index in [9.17, 15) is 9.59 Å². The number of nitrogens with one attached hydrogen (secondary N) is 2. The third kappa shape index (κ3) is 4.02. The fraction of sp³-hybridized carbons (Fsp3) is 0.357. The van der Waals surface area contributed by atoms with Gasteiger partial charge in [-0.15, -0.1) is 0 Å². The van der Waals surface area contributed by atoms with Crippen LogP contribution in [0.3, 0.4) is 0 Å². The quantitative estimate of drug-likeness (QED) is 0.844. The average molecular weight is 307 g/mol. The minimum atomic E-state index is -0.533. The predicted molar refractivity (Wildman–Crippen MR) is 77.8 cm³/mol. The van der Waals surface area contributed by atoms with Crippen LogP contribution in [0.4, 0.5) is 0 Å². The van der Waals surface area contributed by atoms with Gasteiger partial charge in [0, 0.05) is 19.6 Å². The highest BCUT2D eigenvalue weighted by molar-refractivity contribution is 6.34. The van der Waals surface area contributed by atoms with Crippen molar-refractivity contribution in [1.82, 2.24) is 15.5 Å². The molecule has 6 nitrogen and oxygen atoms in total. The molecule has 1 aromatic carbocycles. The molecule has 1 aliphatic rings. The maximum atomic E-state index is 12.0. The molecule has 0 aliphatic carbocycles. The highest BCUT2D eigenvalue weighted by Crippen LogP contribution is 2.14. The number of benzene rings is 1. The van der Waals surface area contributed by atoms with E-state index in [2.05, 4.69) is 16.7 Å². The predicted octanol–water partition coefficient (Wildman–Crippen LogP) is 0.394. The molecule has 1 fully saturated rings. The number of halogens is 1. The van der Waals surface area contributed by atoms with E-state index in [1.807, 2.05) is 0 Å². The van der Waals surface area contributed by atoms with Gasteiger partial charge in [-0.1, -0.05) is 23.7 Å². The lowest BCUT2D eigenvalue weighted by molar-refractivity contribution is -0.121. The summed E-state index contributed by atoms with van der Waals surface area (Å²) >= 11 is 5.91. The van der Waals surface area contributed by atoms with Crippen molar-refractivity contribution in [3.05, 3.63) is 34.9 Å². The Morgan fingerprint density at radius 3 is 2.95 bits per heavy atom. The van der Waals surface area contributed by atoms with E-state index in [4.69, 9.17) is 16.9 Å². The van der Waals surface area contributed by atoms with Crippen molar-refractivity contribution in [2.75, 3.05) is 26.2 Å². The molecule has 0 aromatic heterocycles. The first-order valence-corrected chi connectivity index (χ1v) is 6.92. The second-order valence-corrected chi connectivity index (χ2v) is 5.08. The molecule has 110 valence electrons. The van der Waals surface area contributed by atoms with Gasteiger partial charge in [0.1, 0.15) is 6.04 Å². The number of nitrogens with zero attached hydrogens (tertiary/aromatic N) is 2. The first-order chi connectivity index (χ1) is 10.1. The molecule has 2 N–H and O–H groups in total. The van der Waals surface area contributed by atoms with E-state index in [0.29, 0.717) is 24.7 Å². The number of carbonyl (C=O) groups excluding carboxylic acids is 2. The minimum Gasteiger partial charge on any atom is -0.313 e. The number of nitriles is 1. The van der Waals surface area contributed by atoms with Crippen molar-refractivity contribution < 1.29 is 9.59 Å². The molecule has 2 rings (SSSR count). The molecule has 1 aliphatic heterocycles. The molecule has 0 radical (unpaired) electrons. The molecular formula is C14H15ClN4O2. The molecule has 1 heterocycles.